The average Bonchev–Trinajstić information content (AvgIpc) is 2.52. The first-order valence-electron chi connectivity index (χ1n) is 7.63. The van der Waals surface area contributed by atoms with Crippen LogP contribution in [0.5, 0.6) is 0 Å². The molecule has 6 nitrogen and oxygen atoms in total. The Morgan fingerprint density at radius 2 is 2.19 bits per heavy atom. The van der Waals surface area contributed by atoms with Gasteiger partial charge in [-0.2, -0.15) is 0 Å². The van der Waals surface area contributed by atoms with Crippen LogP contribution in [0.2, 0.25) is 0 Å². The van der Waals surface area contributed by atoms with Gasteiger partial charge in [-0.25, -0.2) is 9.97 Å². The van der Waals surface area contributed by atoms with Crippen LogP contribution in [0, 0.1) is 0 Å². The van der Waals surface area contributed by atoms with Gasteiger partial charge < -0.3 is 19.7 Å². The van der Waals surface area contributed by atoms with Crippen molar-refractivity contribution in [1.29, 1.82) is 0 Å². The van der Waals surface area contributed by atoms with Crippen LogP contribution in [-0.4, -0.2) is 55.5 Å². The largest absolute Gasteiger partial charge is 0.383 e. The number of methoxy groups -OCH3 is 1. The van der Waals surface area contributed by atoms with E-state index in [1.54, 1.807) is 7.11 Å². The topological polar surface area (TPSA) is 59.5 Å². The molecule has 0 aromatic carbocycles. The quantitative estimate of drug-likeness (QED) is 0.763. The molecule has 1 fully saturated rings. The van der Waals surface area contributed by atoms with Crippen LogP contribution in [0.3, 0.4) is 0 Å². The summed E-state index contributed by atoms with van der Waals surface area (Å²) < 4.78 is 10.7. The van der Waals surface area contributed by atoms with Crippen LogP contribution in [0.15, 0.2) is 12.4 Å². The number of hydrogen-bond acceptors (Lipinski definition) is 6. The summed E-state index contributed by atoms with van der Waals surface area (Å²) >= 11 is 0. The molecule has 21 heavy (non-hydrogen) atoms. The Bertz CT molecular complexity index is 413. The van der Waals surface area contributed by atoms with Gasteiger partial charge in [0.15, 0.2) is 0 Å². The molecule has 2 unspecified atom stereocenters. The third kappa shape index (κ3) is 4.62. The minimum absolute atomic E-state index is 0.229. The lowest BCUT2D eigenvalue weighted by Crippen LogP contribution is -2.49. The van der Waals surface area contributed by atoms with Crippen molar-refractivity contribution < 1.29 is 9.47 Å². The summed E-state index contributed by atoms with van der Waals surface area (Å²) in [5.74, 6) is 0.803. The number of nitrogens with zero attached hydrogens (tertiary/aromatic N) is 3. The molecule has 1 aliphatic rings. The Kier molecular flexibility index (Phi) is 6.35. The molecule has 118 valence electrons. The van der Waals surface area contributed by atoms with Crippen molar-refractivity contribution in [2.45, 2.75) is 39.0 Å². The highest BCUT2D eigenvalue weighted by molar-refractivity contribution is 5.33. The summed E-state index contributed by atoms with van der Waals surface area (Å²) in [6.07, 6.45) is 5.06. The zero-order valence-electron chi connectivity index (χ0n) is 13.2. The highest BCUT2D eigenvalue weighted by atomic mass is 16.5. The van der Waals surface area contributed by atoms with Crippen LogP contribution in [0.4, 0.5) is 5.95 Å². The second-order valence-corrected chi connectivity index (χ2v) is 5.42. The molecule has 0 bridgehead atoms. The molecule has 1 N–H and O–H groups in total. The van der Waals surface area contributed by atoms with E-state index in [1.807, 2.05) is 12.4 Å². The van der Waals surface area contributed by atoms with Crippen molar-refractivity contribution in [3.63, 3.8) is 0 Å². The van der Waals surface area contributed by atoms with Gasteiger partial charge in [-0.3, -0.25) is 0 Å². The number of ether oxygens (including phenoxy) is 2. The molecule has 1 aromatic heterocycles. The molecule has 1 aromatic rings. The first-order valence-corrected chi connectivity index (χ1v) is 7.63. The minimum Gasteiger partial charge on any atom is -0.383 e. The molecule has 2 atom stereocenters. The van der Waals surface area contributed by atoms with E-state index in [-0.39, 0.29) is 6.10 Å². The predicted octanol–water partition coefficient (Wildman–Crippen LogP) is 1.22. The summed E-state index contributed by atoms with van der Waals surface area (Å²) in [5.41, 5.74) is 1.09. The fourth-order valence-electron chi connectivity index (χ4n) is 2.42. The maximum atomic E-state index is 5.71. The molecule has 0 saturated carbocycles. The van der Waals surface area contributed by atoms with Crippen molar-refractivity contribution in [3.05, 3.63) is 18.0 Å². The average molecular weight is 294 g/mol. The predicted molar refractivity (Wildman–Crippen MR) is 82.5 cm³/mol. The molecular weight excluding hydrogens is 268 g/mol. The zero-order chi connectivity index (χ0) is 15.1. The Balaban J connectivity index is 1.93. The molecule has 0 aliphatic carbocycles. The van der Waals surface area contributed by atoms with Gasteiger partial charge in [-0.1, -0.05) is 6.92 Å². The van der Waals surface area contributed by atoms with Crippen molar-refractivity contribution in [2.24, 2.45) is 0 Å². The summed E-state index contributed by atoms with van der Waals surface area (Å²) in [6, 6.07) is 0.367. The Morgan fingerprint density at radius 3 is 2.86 bits per heavy atom. The molecule has 0 radical (unpaired) electrons. The van der Waals surface area contributed by atoms with Gasteiger partial charge >= 0.3 is 0 Å². The number of anilines is 1. The Hall–Kier alpha value is -1.24. The lowest BCUT2D eigenvalue weighted by Gasteiger charge is -2.38. The standard InChI is InChI=1S/C15H26N4O2/c1-4-14-11-21-12(2)10-19(14)15-17-8-13(9-18-15)7-16-5-6-20-3/h8-9,12,14,16H,4-7,10-11H2,1-3H3. The SMILES string of the molecule is CCC1COC(C)CN1c1ncc(CNCCOC)cn1. The lowest BCUT2D eigenvalue weighted by atomic mass is 10.1. The number of aromatic nitrogens is 2. The van der Waals surface area contributed by atoms with E-state index < -0.39 is 0 Å². The summed E-state index contributed by atoms with van der Waals surface area (Å²) in [5, 5.41) is 3.29. The summed E-state index contributed by atoms with van der Waals surface area (Å²) in [4.78, 5) is 11.3. The lowest BCUT2D eigenvalue weighted by molar-refractivity contribution is 0.0292. The molecule has 0 spiro atoms. The first kappa shape index (κ1) is 16.1. The summed E-state index contributed by atoms with van der Waals surface area (Å²) in [7, 11) is 1.70. The van der Waals surface area contributed by atoms with E-state index >= 15 is 0 Å². The van der Waals surface area contributed by atoms with Crippen molar-refractivity contribution >= 4 is 5.95 Å². The fourth-order valence-corrected chi connectivity index (χ4v) is 2.42. The van der Waals surface area contributed by atoms with Gasteiger partial charge in [-0.15, -0.1) is 0 Å². The normalized spacial score (nSPS) is 22.5. The molecule has 1 aliphatic heterocycles. The van der Waals surface area contributed by atoms with Crippen LogP contribution in [-0.2, 0) is 16.0 Å². The van der Waals surface area contributed by atoms with E-state index in [4.69, 9.17) is 9.47 Å². The van der Waals surface area contributed by atoms with Crippen LogP contribution in [0.1, 0.15) is 25.8 Å². The van der Waals surface area contributed by atoms with Crippen molar-refractivity contribution in [2.75, 3.05) is 38.3 Å². The molecule has 2 rings (SSSR count). The molecule has 0 amide bonds. The van der Waals surface area contributed by atoms with Gasteiger partial charge in [0.1, 0.15) is 0 Å². The second kappa shape index (κ2) is 8.26. The van der Waals surface area contributed by atoms with Gasteiger partial charge in [-0.05, 0) is 13.3 Å². The maximum absolute atomic E-state index is 5.71. The highest BCUT2D eigenvalue weighted by Crippen LogP contribution is 2.19. The van der Waals surface area contributed by atoms with E-state index in [2.05, 4.69) is 34.0 Å². The van der Waals surface area contributed by atoms with Crippen LogP contribution in [0.25, 0.3) is 0 Å². The molecule has 6 heteroatoms. The Labute approximate surface area is 126 Å². The molecule has 1 saturated heterocycles. The van der Waals surface area contributed by atoms with E-state index in [0.717, 1.165) is 44.2 Å². The molecular formula is C15H26N4O2. The van der Waals surface area contributed by atoms with E-state index in [9.17, 15) is 0 Å². The smallest absolute Gasteiger partial charge is 0.225 e. The molecule has 2 heterocycles. The van der Waals surface area contributed by atoms with Gasteiger partial charge in [0.2, 0.25) is 5.95 Å². The third-order valence-corrected chi connectivity index (χ3v) is 3.70. The number of nitrogens with one attached hydrogen (secondary N) is 1. The zero-order valence-corrected chi connectivity index (χ0v) is 13.2. The van der Waals surface area contributed by atoms with Gasteiger partial charge in [0.05, 0.1) is 25.4 Å². The second-order valence-electron chi connectivity index (χ2n) is 5.42. The van der Waals surface area contributed by atoms with Crippen molar-refractivity contribution in [1.82, 2.24) is 15.3 Å². The minimum atomic E-state index is 0.229. The first-order chi connectivity index (χ1) is 10.2. The van der Waals surface area contributed by atoms with Crippen LogP contribution >= 0.6 is 0 Å². The van der Waals surface area contributed by atoms with E-state index in [0.29, 0.717) is 12.6 Å². The van der Waals surface area contributed by atoms with Crippen molar-refractivity contribution in [3.8, 4) is 0 Å². The van der Waals surface area contributed by atoms with Crippen LogP contribution < -0.4 is 10.2 Å². The number of morpholine rings is 1. The monoisotopic (exact) mass is 294 g/mol. The highest BCUT2D eigenvalue weighted by Gasteiger charge is 2.27. The number of rotatable bonds is 7. The van der Waals surface area contributed by atoms with Gasteiger partial charge in [0.25, 0.3) is 0 Å². The number of hydrogen-bond donors (Lipinski definition) is 1. The summed E-state index contributed by atoms with van der Waals surface area (Å²) in [6.45, 7) is 8.17. The third-order valence-electron chi connectivity index (χ3n) is 3.70. The maximum Gasteiger partial charge on any atom is 0.225 e. The van der Waals surface area contributed by atoms with Gasteiger partial charge in [0, 0.05) is 44.7 Å². The fraction of sp³-hybridized carbons (Fsp3) is 0.733. The Morgan fingerprint density at radius 1 is 1.43 bits per heavy atom. The van der Waals surface area contributed by atoms with E-state index in [1.165, 1.54) is 0 Å².